The van der Waals surface area contributed by atoms with E-state index in [1.165, 1.54) is 6.07 Å². The van der Waals surface area contributed by atoms with Crippen LogP contribution in [0.2, 0.25) is 5.02 Å². The molecule has 0 fully saturated rings. The fraction of sp³-hybridized carbons (Fsp3) is 0.235. The zero-order valence-corrected chi connectivity index (χ0v) is 12.9. The van der Waals surface area contributed by atoms with Crippen molar-refractivity contribution in [2.75, 3.05) is 13.6 Å². The number of benzene rings is 2. The molecule has 0 atom stereocenters. The van der Waals surface area contributed by atoms with Crippen LogP contribution in [0.5, 0.6) is 5.75 Å². The number of fused-ring (bicyclic) bond motifs is 1. The zero-order valence-electron chi connectivity index (χ0n) is 12.1. The van der Waals surface area contributed by atoms with E-state index in [1.807, 2.05) is 18.2 Å². The molecule has 0 radical (unpaired) electrons. The Balaban J connectivity index is 1.81. The molecule has 0 aliphatic carbocycles. The first-order chi connectivity index (χ1) is 10.6. The molecule has 2 aromatic rings. The molecule has 0 N–H and O–H groups in total. The number of ether oxygens (including phenoxy) is 1. The number of likely N-dealkylation sites (N-methyl/N-ethyl adjacent to an activating group) is 1. The Bertz CT molecular complexity index is 733. The predicted molar refractivity (Wildman–Crippen MR) is 82.8 cm³/mol. The monoisotopic (exact) mass is 319 g/mol. The second-order valence-electron chi connectivity index (χ2n) is 5.30. The van der Waals surface area contributed by atoms with Gasteiger partial charge in [-0.3, -0.25) is 4.79 Å². The molecule has 114 valence electrons. The maximum Gasteiger partial charge on any atom is 0.254 e. The van der Waals surface area contributed by atoms with Crippen LogP contribution in [0.25, 0.3) is 0 Å². The highest BCUT2D eigenvalue weighted by Gasteiger charge is 2.23. The molecule has 1 aliphatic heterocycles. The first kappa shape index (κ1) is 14.9. The van der Waals surface area contributed by atoms with Crippen LogP contribution in [0.1, 0.15) is 21.5 Å². The highest BCUT2D eigenvalue weighted by molar-refractivity contribution is 6.30. The van der Waals surface area contributed by atoms with E-state index in [2.05, 4.69) is 0 Å². The first-order valence-corrected chi connectivity index (χ1v) is 7.38. The third kappa shape index (κ3) is 2.79. The van der Waals surface area contributed by atoms with E-state index >= 15 is 0 Å². The van der Waals surface area contributed by atoms with Crippen molar-refractivity contribution in [2.24, 2.45) is 0 Å². The molecule has 0 saturated heterocycles. The van der Waals surface area contributed by atoms with E-state index < -0.39 is 5.82 Å². The highest BCUT2D eigenvalue weighted by atomic mass is 35.5. The van der Waals surface area contributed by atoms with E-state index in [4.69, 9.17) is 16.3 Å². The topological polar surface area (TPSA) is 29.5 Å². The molecule has 0 spiro atoms. The molecule has 2 aromatic carbocycles. The van der Waals surface area contributed by atoms with Gasteiger partial charge in [0.2, 0.25) is 0 Å². The van der Waals surface area contributed by atoms with Crippen LogP contribution < -0.4 is 4.74 Å². The van der Waals surface area contributed by atoms with Gasteiger partial charge in [0.15, 0.2) is 0 Å². The quantitative estimate of drug-likeness (QED) is 0.863. The van der Waals surface area contributed by atoms with Gasteiger partial charge in [0.25, 0.3) is 5.91 Å². The predicted octanol–water partition coefficient (Wildman–Crippen LogP) is 3.69. The lowest BCUT2D eigenvalue weighted by atomic mass is 9.98. The van der Waals surface area contributed by atoms with Crippen LogP contribution in [-0.4, -0.2) is 24.4 Å². The fourth-order valence-corrected chi connectivity index (χ4v) is 2.74. The molecular formula is C17H15ClFNO2. The van der Waals surface area contributed by atoms with E-state index in [0.717, 1.165) is 17.5 Å². The van der Waals surface area contributed by atoms with E-state index in [1.54, 1.807) is 24.1 Å². The average molecular weight is 320 g/mol. The summed E-state index contributed by atoms with van der Waals surface area (Å²) in [5.41, 5.74) is 2.39. The average Bonchev–Trinajstić information content (AvgIpc) is 2.52. The largest absolute Gasteiger partial charge is 0.489 e. The number of carbonyl (C=O) groups is 1. The van der Waals surface area contributed by atoms with Crippen LogP contribution in [0.3, 0.4) is 0 Å². The van der Waals surface area contributed by atoms with Crippen molar-refractivity contribution in [2.45, 2.75) is 13.0 Å². The molecule has 1 aliphatic rings. The molecule has 0 aromatic heterocycles. The molecular weight excluding hydrogens is 305 g/mol. The second-order valence-corrected chi connectivity index (χ2v) is 5.70. The Hall–Kier alpha value is -2.07. The van der Waals surface area contributed by atoms with Gasteiger partial charge in [0, 0.05) is 24.7 Å². The summed E-state index contributed by atoms with van der Waals surface area (Å²) in [6.07, 6.45) is 0.762. The maximum absolute atomic E-state index is 13.2. The van der Waals surface area contributed by atoms with Crippen molar-refractivity contribution in [3.8, 4) is 5.75 Å². The molecule has 0 unspecified atom stereocenters. The van der Waals surface area contributed by atoms with Gasteiger partial charge in [-0.15, -0.1) is 0 Å². The molecule has 3 rings (SSSR count). The fourth-order valence-electron chi connectivity index (χ4n) is 2.54. The van der Waals surface area contributed by atoms with Crippen LogP contribution in [0.15, 0.2) is 36.4 Å². The summed E-state index contributed by atoms with van der Waals surface area (Å²) in [5, 5.41) is 0.0768. The summed E-state index contributed by atoms with van der Waals surface area (Å²) >= 11 is 5.77. The Morgan fingerprint density at radius 2 is 2.14 bits per heavy atom. The summed E-state index contributed by atoms with van der Waals surface area (Å²) in [4.78, 5) is 13.8. The normalized spacial score (nSPS) is 14.0. The van der Waals surface area contributed by atoms with Gasteiger partial charge in [0.05, 0.1) is 5.02 Å². The van der Waals surface area contributed by atoms with Gasteiger partial charge in [-0.25, -0.2) is 4.39 Å². The third-order valence-corrected chi connectivity index (χ3v) is 4.08. The lowest BCUT2D eigenvalue weighted by Crippen LogP contribution is -2.34. The molecule has 1 heterocycles. The minimum atomic E-state index is -0.448. The molecule has 0 saturated carbocycles. The van der Waals surface area contributed by atoms with Crippen molar-refractivity contribution in [1.29, 1.82) is 0 Å². The second kappa shape index (κ2) is 5.97. The summed E-state index contributed by atoms with van der Waals surface area (Å²) < 4.78 is 19.0. The number of carbonyl (C=O) groups excluding carboxylic acids is 1. The van der Waals surface area contributed by atoms with Crippen LogP contribution in [0, 0.1) is 5.82 Å². The summed E-state index contributed by atoms with van der Waals surface area (Å²) in [5.74, 6) is 0.257. The SMILES string of the molecule is CN1CCc2c(OCc3ccc(F)c(Cl)c3)cccc2C1=O. The van der Waals surface area contributed by atoms with E-state index in [0.29, 0.717) is 17.9 Å². The van der Waals surface area contributed by atoms with Gasteiger partial charge in [-0.05, 0) is 36.2 Å². The maximum atomic E-state index is 13.2. The Morgan fingerprint density at radius 3 is 2.91 bits per heavy atom. The van der Waals surface area contributed by atoms with E-state index in [9.17, 15) is 9.18 Å². The summed E-state index contributed by atoms with van der Waals surface area (Å²) in [6.45, 7) is 0.953. The number of amides is 1. The van der Waals surface area contributed by atoms with Crippen LogP contribution in [-0.2, 0) is 13.0 Å². The van der Waals surface area contributed by atoms with Gasteiger partial charge >= 0.3 is 0 Å². The molecule has 1 amide bonds. The van der Waals surface area contributed by atoms with E-state index in [-0.39, 0.29) is 17.5 Å². The Labute approximate surface area is 133 Å². The standard InChI is InChI=1S/C17H15ClFNO2/c1-20-8-7-12-13(17(20)21)3-2-4-16(12)22-10-11-5-6-15(19)14(18)9-11/h2-6,9H,7-8,10H2,1H3. The number of nitrogens with zero attached hydrogens (tertiary/aromatic N) is 1. The van der Waals surface area contributed by atoms with Crippen molar-refractivity contribution in [3.05, 3.63) is 63.9 Å². The third-order valence-electron chi connectivity index (χ3n) is 3.79. The Kier molecular flexibility index (Phi) is 4.03. The van der Waals surface area contributed by atoms with Gasteiger partial charge in [-0.1, -0.05) is 23.7 Å². The number of halogens is 2. The van der Waals surface area contributed by atoms with Gasteiger partial charge < -0.3 is 9.64 Å². The van der Waals surface area contributed by atoms with Crippen LogP contribution >= 0.6 is 11.6 Å². The highest BCUT2D eigenvalue weighted by Crippen LogP contribution is 2.28. The molecule has 0 bridgehead atoms. The minimum Gasteiger partial charge on any atom is -0.489 e. The smallest absolute Gasteiger partial charge is 0.254 e. The van der Waals surface area contributed by atoms with Crippen LogP contribution in [0.4, 0.5) is 4.39 Å². The minimum absolute atomic E-state index is 0.0107. The number of hydrogen-bond acceptors (Lipinski definition) is 2. The number of hydrogen-bond donors (Lipinski definition) is 0. The molecule has 22 heavy (non-hydrogen) atoms. The van der Waals surface area contributed by atoms with Gasteiger partial charge in [-0.2, -0.15) is 0 Å². The molecule has 5 heteroatoms. The lowest BCUT2D eigenvalue weighted by Gasteiger charge is -2.26. The summed E-state index contributed by atoms with van der Waals surface area (Å²) in [6, 6.07) is 9.97. The first-order valence-electron chi connectivity index (χ1n) is 7.00. The molecule has 3 nitrogen and oxygen atoms in total. The van der Waals surface area contributed by atoms with Gasteiger partial charge in [0.1, 0.15) is 18.2 Å². The van der Waals surface area contributed by atoms with Crippen molar-refractivity contribution in [1.82, 2.24) is 4.90 Å². The number of rotatable bonds is 3. The Morgan fingerprint density at radius 1 is 1.32 bits per heavy atom. The zero-order chi connectivity index (χ0) is 15.7. The van der Waals surface area contributed by atoms with Crippen molar-refractivity contribution in [3.63, 3.8) is 0 Å². The van der Waals surface area contributed by atoms with Crippen molar-refractivity contribution < 1.29 is 13.9 Å². The summed E-state index contributed by atoms with van der Waals surface area (Å²) in [7, 11) is 1.79. The van der Waals surface area contributed by atoms with Crippen molar-refractivity contribution >= 4 is 17.5 Å². The lowest BCUT2D eigenvalue weighted by molar-refractivity contribution is 0.0779.